The van der Waals surface area contributed by atoms with E-state index in [1.807, 2.05) is 77.9 Å². The number of nitrogens with zero attached hydrogens (tertiary/aromatic N) is 1. The summed E-state index contributed by atoms with van der Waals surface area (Å²) in [5, 5.41) is 5.62. The highest BCUT2D eigenvalue weighted by Crippen LogP contribution is 2.33. The van der Waals surface area contributed by atoms with Crippen LogP contribution in [0.4, 0.5) is 10.5 Å². The van der Waals surface area contributed by atoms with Gasteiger partial charge in [0, 0.05) is 17.6 Å². The van der Waals surface area contributed by atoms with Crippen molar-refractivity contribution >= 4 is 29.5 Å². The van der Waals surface area contributed by atoms with Crippen LogP contribution in [0.3, 0.4) is 0 Å². The molecular formula is C31H44N4O5. The van der Waals surface area contributed by atoms with Crippen LogP contribution in [0.15, 0.2) is 42.5 Å². The van der Waals surface area contributed by atoms with E-state index >= 15 is 0 Å². The molecule has 9 heteroatoms. The van der Waals surface area contributed by atoms with E-state index in [1.165, 1.54) is 4.90 Å². The molecule has 40 heavy (non-hydrogen) atoms. The quantitative estimate of drug-likeness (QED) is 0.399. The van der Waals surface area contributed by atoms with E-state index in [0.29, 0.717) is 11.3 Å². The number of hydrogen-bond acceptors (Lipinski definition) is 5. The van der Waals surface area contributed by atoms with Crippen molar-refractivity contribution in [3.8, 4) is 0 Å². The zero-order valence-electron chi connectivity index (χ0n) is 25.2. The third kappa shape index (κ3) is 9.10. The van der Waals surface area contributed by atoms with Gasteiger partial charge in [-0.2, -0.15) is 0 Å². The van der Waals surface area contributed by atoms with Gasteiger partial charge in [-0.1, -0.05) is 42.0 Å². The Morgan fingerprint density at radius 3 is 2.08 bits per heavy atom. The van der Waals surface area contributed by atoms with Gasteiger partial charge in [-0.05, 0) is 91.5 Å². The lowest BCUT2D eigenvalue weighted by atomic mass is 9.91. The Bertz CT molecular complexity index is 1240. The number of anilines is 1. The number of nitrogens with two attached hydrogens (primary N) is 1. The molecule has 0 spiro atoms. The van der Waals surface area contributed by atoms with E-state index in [2.05, 4.69) is 10.6 Å². The zero-order chi connectivity index (χ0) is 30.4. The van der Waals surface area contributed by atoms with E-state index in [0.717, 1.165) is 16.7 Å². The third-order valence-corrected chi connectivity index (χ3v) is 6.26. The molecule has 2 aromatic carbocycles. The number of aryl methyl sites for hydroxylation is 3. The molecule has 0 aromatic heterocycles. The second kappa shape index (κ2) is 13.0. The molecule has 2 unspecified atom stereocenters. The first-order valence-electron chi connectivity index (χ1n) is 13.5. The molecule has 9 nitrogen and oxygen atoms in total. The van der Waals surface area contributed by atoms with Crippen molar-refractivity contribution in [2.75, 3.05) is 5.32 Å². The molecule has 4 amide bonds. The van der Waals surface area contributed by atoms with Crippen LogP contribution in [0.2, 0.25) is 0 Å². The Labute approximate surface area is 237 Å². The normalized spacial score (nSPS) is 13.1. The minimum absolute atomic E-state index is 0.0565. The zero-order valence-corrected chi connectivity index (χ0v) is 25.2. The van der Waals surface area contributed by atoms with Gasteiger partial charge in [-0.15, -0.1) is 0 Å². The lowest BCUT2D eigenvalue weighted by Crippen LogP contribution is -2.58. The number of hydrogen-bond donors (Lipinski definition) is 3. The van der Waals surface area contributed by atoms with Crippen LogP contribution >= 0.6 is 0 Å². The molecule has 0 aliphatic heterocycles. The van der Waals surface area contributed by atoms with Gasteiger partial charge in [0.15, 0.2) is 0 Å². The van der Waals surface area contributed by atoms with Gasteiger partial charge in [0.05, 0.1) is 0 Å². The van der Waals surface area contributed by atoms with Crippen LogP contribution in [0.1, 0.15) is 82.7 Å². The number of alkyl carbamates (subject to hydrolysis) is 1. The fourth-order valence-electron chi connectivity index (χ4n) is 4.45. The molecular weight excluding hydrogens is 508 g/mol. The van der Waals surface area contributed by atoms with Crippen molar-refractivity contribution in [1.82, 2.24) is 10.2 Å². The summed E-state index contributed by atoms with van der Waals surface area (Å²) < 4.78 is 5.39. The molecule has 0 aliphatic rings. The predicted molar refractivity (Wildman–Crippen MR) is 157 cm³/mol. The van der Waals surface area contributed by atoms with Crippen molar-refractivity contribution in [3.05, 3.63) is 64.7 Å². The summed E-state index contributed by atoms with van der Waals surface area (Å²) in [5.74, 6) is -1.56. The Hall–Kier alpha value is -3.88. The highest BCUT2D eigenvalue weighted by molar-refractivity contribution is 6.00. The Morgan fingerprint density at radius 1 is 0.925 bits per heavy atom. The fraction of sp³-hybridized carbons (Fsp3) is 0.484. The molecule has 0 saturated heterocycles. The van der Waals surface area contributed by atoms with Crippen molar-refractivity contribution in [2.45, 2.75) is 98.4 Å². The van der Waals surface area contributed by atoms with Crippen LogP contribution in [0.25, 0.3) is 0 Å². The molecule has 0 heterocycles. The SMILES string of the molecule is Cc1ccc(C(C(=O)Nc2ccccc2C)N(C(=O)C(CCC(N)=O)NC(=O)OC(C)(C)C)C(C)(C)C)c(C)c1. The average Bonchev–Trinajstić information content (AvgIpc) is 2.79. The monoisotopic (exact) mass is 552 g/mol. The molecule has 218 valence electrons. The molecule has 4 N–H and O–H groups in total. The average molecular weight is 553 g/mol. The second-order valence-electron chi connectivity index (χ2n) is 12.1. The number of primary amides is 1. The summed E-state index contributed by atoms with van der Waals surface area (Å²) in [6, 6.07) is 10.9. The van der Waals surface area contributed by atoms with E-state index in [-0.39, 0.29) is 12.8 Å². The smallest absolute Gasteiger partial charge is 0.408 e. The van der Waals surface area contributed by atoms with Gasteiger partial charge in [0.1, 0.15) is 17.7 Å². The number of ether oxygens (including phenoxy) is 1. The maximum Gasteiger partial charge on any atom is 0.408 e. The van der Waals surface area contributed by atoms with E-state index in [4.69, 9.17) is 10.5 Å². The summed E-state index contributed by atoms with van der Waals surface area (Å²) in [6.45, 7) is 16.3. The van der Waals surface area contributed by atoms with Crippen molar-refractivity contribution in [1.29, 1.82) is 0 Å². The number of benzene rings is 2. The fourth-order valence-corrected chi connectivity index (χ4v) is 4.45. The Kier molecular flexibility index (Phi) is 10.5. The Balaban J connectivity index is 2.65. The van der Waals surface area contributed by atoms with Gasteiger partial charge in [-0.25, -0.2) is 4.79 Å². The summed E-state index contributed by atoms with van der Waals surface area (Å²) in [4.78, 5) is 54.3. The molecule has 2 rings (SSSR count). The van der Waals surface area contributed by atoms with Gasteiger partial charge >= 0.3 is 6.09 Å². The minimum Gasteiger partial charge on any atom is -0.444 e. The van der Waals surface area contributed by atoms with Crippen LogP contribution in [0, 0.1) is 20.8 Å². The van der Waals surface area contributed by atoms with Gasteiger partial charge in [0.2, 0.25) is 11.8 Å². The van der Waals surface area contributed by atoms with Crippen LogP contribution in [-0.2, 0) is 19.1 Å². The highest BCUT2D eigenvalue weighted by Gasteiger charge is 2.42. The Morgan fingerprint density at radius 2 is 1.55 bits per heavy atom. The van der Waals surface area contributed by atoms with Gasteiger partial charge < -0.3 is 26.0 Å². The number of para-hydroxylation sites is 1. The molecule has 0 radical (unpaired) electrons. The molecule has 2 atom stereocenters. The van der Waals surface area contributed by atoms with E-state index < -0.39 is 47.0 Å². The predicted octanol–water partition coefficient (Wildman–Crippen LogP) is 5.08. The maximum atomic E-state index is 14.3. The number of carbonyl (C=O) groups is 4. The summed E-state index contributed by atoms with van der Waals surface area (Å²) in [7, 11) is 0. The summed E-state index contributed by atoms with van der Waals surface area (Å²) in [5.41, 5.74) is 7.71. The topological polar surface area (TPSA) is 131 Å². The van der Waals surface area contributed by atoms with E-state index in [1.54, 1.807) is 26.8 Å². The standard InChI is InChI=1S/C31H44N4O5/c1-19-14-15-22(21(3)18-19)26(27(37)33-23-13-11-10-12-20(23)2)35(30(4,5)6)28(38)24(16-17-25(32)36)34-29(39)40-31(7,8)9/h10-15,18,24,26H,16-17H2,1-9H3,(H2,32,36)(H,33,37)(H,34,39). The lowest BCUT2D eigenvalue weighted by Gasteiger charge is -2.43. The van der Waals surface area contributed by atoms with Crippen LogP contribution < -0.4 is 16.4 Å². The summed E-state index contributed by atoms with van der Waals surface area (Å²) in [6.07, 6.45) is -1.01. The first kappa shape index (κ1) is 32.3. The number of nitrogens with one attached hydrogen (secondary N) is 2. The van der Waals surface area contributed by atoms with E-state index in [9.17, 15) is 19.2 Å². The molecule has 0 aliphatic carbocycles. The van der Waals surface area contributed by atoms with Crippen LogP contribution in [0.5, 0.6) is 0 Å². The van der Waals surface area contributed by atoms with Crippen LogP contribution in [-0.4, -0.2) is 45.9 Å². The molecule has 0 bridgehead atoms. The van der Waals surface area contributed by atoms with Crippen molar-refractivity contribution in [3.63, 3.8) is 0 Å². The maximum absolute atomic E-state index is 14.3. The molecule has 0 fully saturated rings. The van der Waals surface area contributed by atoms with Gasteiger partial charge in [-0.3, -0.25) is 14.4 Å². The van der Waals surface area contributed by atoms with Crippen molar-refractivity contribution in [2.24, 2.45) is 5.73 Å². The second-order valence-corrected chi connectivity index (χ2v) is 12.1. The number of rotatable bonds is 9. The molecule has 2 aromatic rings. The number of carbonyl (C=O) groups excluding carboxylic acids is 4. The largest absolute Gasteiger partial charge is 0.444 e. The first-order valence-corrected chi connectivity index (χ1v) is 13.5. The van der Waals surface area contributed by atoms with Crippen molar-refractivity contribution < 1.29 is 23.9 Å². The third-order valence-electron chi connectivity index (χ3n) is 6.26. The number of amides is 4. The lowest BCUT2D eigenvalue weighted by molar-refractivity contribution is -0.147. The minimum atomic E-state index is -1.17. The first-order chi connectivity index (χ1) is 18.4. The highest BCUT2D eigenvalue weighted by atomic mass is 16.6. The summed E-state index contributed by atoms with van der Waals surface area (Å²) >= 11 is 0. The molecule has 0 saturated carbocycles. The van der Waals surface area contributed by atoms with Gasteiger partial charge in [0.25, 0.3) is 5.91 Å².